The molecule has 0 fully saturated rings. The van der Waals surface area contributed by atoms with Crippen molar-refractivity contribution in [3.05, 3.63) is 24.5 Å². The van der Waals surface area contributed by atoms with Crippen molar-refractivity contribution < 1.29 is 14.6 Å². The largest absolute Gasteiger partial charge is 0.471 e. The molecule has 0 aliphatic rings. The molecule has 13 heavy (non-hydrogen) atoms. The van der Waals surface area contributed by atoms with Crippen LogP contribution < -0.4 is 0 Å². The Hall–Kier alpha value is -1.09. The highest BCUT2D eigenvalue weighted by molar-refractivity contribution is 5.99. The number of aliphatic hydroxyl groups is 1. The first-order valence-corrected chi connectivity index (χ1v) is 4.04. The van der Waals surface area contributed by atoms with Gasteiger partial charge in [0.1, 0.15) is 5.76 Å². The van der Waals surface area contributed by atoms with Gasteiger partial charge in [-0.05, 0) is 6.08 Å². The molecule has 0 bridgehead atoms. The fraction of sp³-hybridized carbons (Fsp3) is 0.500. The molecule has 0 amide bonds. The van der Waals surface area contributed by atoms with E-state index in [2.05, 4.69) is 6.58 Å². The second-order valence-corrected chi connectivity index (χ2v) is 3.64. The number of rotatable bonds is 4. The second-order valence-electron chi connectivity index (χ2n) is 3.64. The number of ether oxygens (including phenoxy) is 1. The van der Waals surface area contributed by atoms with E-state index in [1.807, 2.05) is 20.8 Å². The van der Waals surface area contributed by atoms with Crippen LogP contribution in [0.25, 0.3) is 0 Å². The van der Waals surface area contributed by atoms with Crippen LogP contribution in [0, 0.1) is 5.41 Å². The molecule has 0 aromatic heterocycles. The third-order valence-corrected chi connectivity index (χ3v) is 1.43. The molecule has 0 saturated carbocycles. The van der Waals surface area contributed by atoms with E-state index in [1.54, 1.807) is 0 Å². The van der Waals surface area contributed by atoms with E-state index in [9.17, 15) is 4.79 Å². The van der Waals surface area contributed by atoms with Crippen molar-refractivity contribution in [3.8, 4) is 0 Å². The van der Waals surface area contributed by atoms with Gasteiger partial charge in [0, 0.05) is 11.5 Å². The topological polar surface area (TPSA) is 46.5 Å². The van der Waals surface area contributed by atoms with Gasteiger partial charge in [-0.1, -0.05) is 27.4 Å². The lowest BCUT2D eigenvalue weighted by atomic mass is 9.93. The van der Waals surface area contributed by atoms with E-state index in [0.717, 1.165) is 0 Å². The number of hydrogen-bond acceptors (Lipinski definition) is 3. The maximum Gasteiger partial charge on any atom is 0.186 e. The van der Waals surface area contributed by atoms with E-state index in [1.165, 1.54) is 12.2 Å². The molecule has 0 aromatic carbocycles. The van der Waals surface area contributed by atoms with Crippen LogP contribution in [-0.2, 0) is 9.53 Å². The molecule has 0 aromatic rings. The Kier molecular flexibility index (Phi) is 4.42. The fourth-order valence-electron chi connectivity index (χ4n) is 0.732. The third kappa shape index (κ3) is 4.48. The number of aliphatic hydroxyl groups excluding tert-OH is 1. The van der Waals surface area contributed by atoms with Crippen molar-refractivity contribution in [2.24, 2.45) is 5.41 Å². The lowest BCUT2D eigenvalue weighted by Crippen LogP contribution is -2.14. The third-order valence-electron chi connectivity index (χ3n) is 1.43. The Labute approximate surface area is 78.7 Å². The number of carbonyl (C=O) groups excluding carboxylic acids is 1. The molecule has 0 heterocycles. The highest BCUT2D eigenvalue weighted by atomic mass is 16.6. The van der Waals surface area contributed by atoms with E-state index in [0.29, 0.717) is 5.76 Å². The second kappa shape index (κ2) is 4.82. The van der Waals surface area contributed by atoms with Gasteiger partial charge in [0.15, 0.2) is 12.6 Å². The van der Waals surface area contributed by atoms with E-state index < -0.39 is 6.79 Å². The maximum absolute atomic E-state index is 11.0. The Morgan fingerprint density at radius 3 is 2.38 bits per heavy atom. The van der Waals surface area contributed by atoms with Crippen LogP contribution in [0.1, 0.15) is 20.8 Å². The minimum Gasteiger partial charge on any atom is -0.471 e. The van der Waals surface area contributed by atoms with Crippen molar-refractivity contribution in [2.75, 3.05) is 6.79 Å². The van der Waals surface area contributed by atoms with Gasteiger partial charge < -0.3 is 9.84 Å². The van der Waals surface area contributed by atoms with Crippen LogP contribution in [-0.4, -0.2) is 17.7 Å². The van der Waals surface area contributed by atoms with Gasteiger partial charge in [0.2, 0.25) is 0 Å². The van der Waals surface area contributed by atoms with Crippen LogP contribution in [0.5, 0.6) is 0 Å². The van der Waals surface area contributed by atoms with E-state index in [4.69, 9.17) is 9.84 Å². The molecular formula is C10H16O3. The van der Waals surface area contributed by atoms with Gasteiger partial charge in [0.25, 0.3) is 0 Å². The summed E-state index contributed by atoms with van der Waals surface area (Å²) in [5.74, 6) is 0.235. The van der Waals surface area contributed by atoms with Gasteiger partial charge >= 0.3 is 0 Å². The predicted octanol–water partition coefficient (Wildman–Crippen LogP) is 1.64. The van der Waals surface area contributed by atoms with Crippen molar-refractivity contribution in [3.63, 3.8) is 0 Å². The summed E-state index contributed by atoms with van der Waals surface area (Å²) in [4.78, 5) is 11.0. The average Bonchev–Trinajstić information content (AvgIpc) is 2.01. The summed E-state index contributed by atoms with van der Waals surface area (Å²) in [6.45, 7) is 8.60. The molecule has 3 nitrogen and oxygen atoms in total. The zero-order valence-corrected chi connectivity index (χ0v) is 8.33. The predicted molar refractivity (Wildman–Crippen MR) is 50.9 cm³/mol. The molecule has 1 N–H and O–H groups in total. The molecule has 0 saturated heterocycles. The first-order chi connectivity index (χ1) is 5.91. The SMILES string of the molecule is C=CC(=O)/C=C(\OCO)C(C)(C)C. The summed E-state index contributed by atoms with van der Waals surface area (Å²) in [6.07, 6.45) is 2.54. The minimum atomic E-state index is -0.423. The van der Waals surface area contributed by atoms with Crippen molar-refractivity contribution >= 4 is 5.78 Å². The zero-order valence-electron chi connectivity index (χ0n) is 8.33. The van der Waals surface area contributed by atoms with Gasteiger partial charge in [0.05, 0.1) is 0 Å². The Balaban J connectivity index is 4.69. The van der Waals surface area contributed by atoms with Gasteiger partial charge in [-0.3, -0.25) is 4.79 Å². The molecule has 3 heteroatoms. The fourth-order valence-corrected chi connectivity index (χ4v) is 0.732. The summed E-state index contributed by atoms with van der Waals surface area (Å²) in [6, 6.07) is 0. The molecule has 0 atom stereocenters. The highest BCUT2D eigenvalue weighted by Gasteiger charge is 2.19. The van der Waals surface area contributed by atoms with Crippen molar-refractivity contribution in [2.45, 2.75) is 20.8 Å². The van der Waals surface area contributed by atoms with Crippen molar-refractivity contribution in [1.29, 1.82) is 0 Å². The van der Waals surface area contributed by atoms with Crippen LogP contribution in [0.15, 0.2) is 24.5 Å². The van der Waals surface area contributed by atoms with Crippen LogP contribution in [0.3, 0.4) is 0 Å². The van der Waals surface area contributed by atoms with Gasteiger partial charge in [-0.25, -0.2) is 0 Å². The molecule has 0 aliphatic carbocycles. The average molecular weight is 184 g/mol. The number of carbonyl (C=O) groups is 1. The highest BCUT2D eigenvalue weighted by Crippen LogP contribution is 2.25. The Morgan fingerprint density at radius 1 is 1.54 bits per heavy atom. The van der Waals surface area contributed by atoms with Crippen LogP contribution >= 0.6 is 0 Å². The van der Waals surface area contributed by atoms with Gasteiger partial charge in [-0.15, -0.1) is 0 Å². The van der Waals surface area contributed by atoms with Crippen molar-refractivity contribution in [1.82, 2.24) is 0 Å². The quantitative estimate of drug-likeness (QED) is 0.410. The monoisotopic (exact) mass is 184 g/mol. The first kappa shape index (κ1) is 11.9. The maximum atomic E-state index is 11.0. The lowest BCUT2D eigenvalue weighted by Gasteiger charge is -2.21. The van der Waals surface area contributed by atoms with E-state index in [-0.39, 0.29) is 11.2 Å². The molecule has 0 spiro atoms. The van der Waals surface area contributed by atoms with Crippen LogP contribution in [0.4, 0.5) is 0 Å². The first-order valence-electron chi connectivity index (χ1n) is 4.04. The van der Waals surface area contributed by atoms with Gasteiger partial charge in [-0.2, -0.15) is 0 Å². The summed E-state index contributed by atoms with van der Waals surface area (Å²) in [5, 5.41) is 8.59. The molecule has 74 valence electrons. The number of allylic oxidation sites excluding steroid dienone is 3. The summed E-state index contributed by atoms with van der Waals surface area (Å²) >= 11 is 0. The van der Waals surface area contributed by atoms with Crippen LogP contribution in [0.2, 0.25) is 0 Å². The zero-order chi connectivity index (χ0) is 10.5. The number of ketones is 1. The van der Waals surface area contributed by atoms with E-state index >= 15 is 0 Å². The summed E-state index contributed by atoms with van der Waals surface area (Å²) in [7, 11) is 0. The molecule has 0 radical (unpaired) electrons. The Bertz CT molecular complexity index is 221. The Morgan fingerprint density at radius 2 is 2.08 bits per heavy atom. The standard InChI is InChI=1S/C10H16O3/c1-5-8(12)6-9(13-7-11)10(2,3)4/h5-6,11H,1,7H2,2-4H3/b9-6-. The minimum absolute atomic E-state index is 0.224. The molecule has 0 unspecified atom stereocenters. The lowest BCUT2D eigenvalue weighted by molar-refractivity contribution is -0.110. The normalized spacial score (nSPS) is 12.5. The summed E-state index contributed by atoms with van der Waals surface area (Å²) in [5.41, 5.74) is -0.290. The number of hydrogen-bond donors (Lipinski definition) is 1. The summed E-state index contributed by atoms with van der Waals surface area (Å²) < 4.78 is 4.93. The molecule has 0 aliphatic heterocycles. The molecule has 0 rings (SSSR count). The molecular weight excluding hydrogens is 168 g/mol. The smallest absolute Gasteiger partial charge is 0.186 e.